The molecule has 0 radical (unpaired) electrons. The van der Waals surface area contributed by atoms with Crippen LogP contribution in [0.1, 0.15) is 6.92 Å². The fraction of sp³-hybridized carbons (Fsp3) is 0.167. The average molecular weight is 237 g/mol. The van der Waals surface area contributed by atoms with E-state index in [4.69, 9.17) is 14.6 Å². The van der Waals surface area contributed by atoms with Crippen molar-refractivity contribution in [3.8, 4) is 5.75 Å². The van der Waals surface area contributed by atoms with Gasteiger partial charge in [0.1, 0.15) is 5.75 Å². The quantitative estimate of drug-likeness (QED) is 0.619. The lowest BCUT2D eigenvalue weighted by atomic mass is 10.3. The lowest BCUT2D eigenvalue weighted by molar-refractivity contribution is -0.122. The van der Waals surface area contributed by atoms with Crippen molar-refractivity contribution in [3.63, 3.8) is 0 Å². The van der Waals surface area contributed by atoms with Crippen LogP contribution in [0.25, 0.3) is 0 Å². The van der Waals surface area contributed by atoms with E-state index in [1.807, 2.05) is 19.1 Å². The van der Waals surface area contributed by atoms with E-state index in [0.29, 0.717) is 6.61 Å². The summed E-state index contributed by atoms with van der Waals surface area (Å²) in [6, 6.07) is 7.18. The van der Waals surface area contributed by atoms with E-state index in [0.717, 1.165) is 11.4 Å². The van der Waals surface area contributed by atoms with Crippen LogP contribution >= 0.6 is 0 Å². The molecule has 0 unspecified atom stereocenters. The minimum Gasteiger partial charge on any atom is -0.494 e. The normalized spacial score (nSPS) is 8.29. The Morgan fingerprint density at radius 3 is 2.41 bits per heavy atom. The Balaban J connectivity index is 0.000000770. The largest absolute Gasteiger partial charge is 0.494 e. The highest BCUT2D eigenvalue weighted by Crippen LogP contribution is 2.15. The van der Waals surface area contributed by atoms with Crippen LogP contribution in [-0.4, -0.2) is 24.1 Å². The fourth-order valence-corrected chi connectivity index (χ4v) is 0.994. The predicted molar refractivity (Wildman–Crippen MR) is 65.1 cm³/mol. The van der Waals surface area contributed by atoms with Gasteiger partial charge < -0.3 is 15.2 Å². The lowest BCUT2D eigenvalue weighted by Crippen LogP contribution is -2.06. The molecule has 1 rings (SSSR count). The average Bonchev–Trinajstić information content (AvgIpc) is 2.33. The van der Waals surface area contributed by atoms with Crippen LogP contribution < -0.4 is 10.1 Å². The first-order valence-corrected chi connectivity index (χ1v) is 4.92. The molecule has 0 aromatic heterocycles. The molecule has 0 aliphatic rings. The van der Waals surface area contributed by atoms with Crippen molar-refractivity contribution < 1.29 is 19.4 Å². The Bertz CT molecular complexity index is 359. The molecule has 17 heavy (non-hydrogen) atoms. The molecule has 1 amide bonds. The third kappa shape index (κ3) is 6.72. The zero-order chi connectivity index (χ0) is 13.1. The summed E-state index contributed by atoms with van der Waals surface area (Å²) in [6.45, 7) is 5.68. The van der Waals surface area contributed by atoms with Gasteiger partial charge in [-0.05, 0) is 37.3 Å². The van der Waals surface area contributed by atoms with Crippen LogP contribution in [0.15, 0.2) is 36.9 Å². The smallest absolute Gasteiger partial charge is 0.290 e. The van der Waals surface area contributed by atoms with Gasteiger partial charge in [-0.25, -0.2) is 0 Å². The second-order valence-electron chi connectivity index (χ2n) is 2.76. The molecule has 1 aromatic rings. The molecular formula is C12H15NO4. The number of hydrogen-bond acceptors (Lipinski definition) is 3. The molecule has 5 heteroatoms. The number of hydrogen-bond donors (Lipinski definition) is 2. The van der Waals surface area contributed by atoms with Crippen molar-refractivity contribution in [2.24, 2.45) is 0 Å². The second kappa shape index (κ2) is 8.96. The van der Waals surface area contributed by atoms with E-state index in [9.17, 15) is 4.79 Å². The van der Waals surface area contributed by atoms with Gasteiger partial charge in [0.05, 0.1) is 6.61 Å². The van der Waals surface area contributed by atoms with Gasteiger partial charge in [0.25, 0.3) is 6.47 Å². The zero-order valence-corrected chi connectivity index (χ0v) is 9.55. The molecule has 0 heterocycles. The van der Waals surface area contributed by atoms with Gasteiger partial charge in [0.2, 0.25) is 5.91 Å². The monoisotopic (exact) mass is 237 g/mol. The molecule has 2 N–H and O–H groups in total. The van der Waals surface area contributed by atoms with Crippen LogP contribution in [0.2, 0.25) is 0 Å². The maximum Gasteiger partial charge on any atom is 0.290 e. The highest BCUT2D eigenvalue weighted by atomic mass is 16.5. The maximum absolute atomic E-state index is 10.9. The summed E-state index contributed by atoms with van der Waals surface area (Å²) in [7, 11) is 0. The van der Waals surface area contributed by atoms with Gasteiger partial charge in [-0.3, -0.25) is 9.59 Å². The topological polar surface area (TPSA) is 75.6 Å². The first kappa shape index (κ1) is 14.7. The molecule has 92 valence electrons. The molecule has 0 fully saturated rings. The van der Waals surface area contributed by atoms with Gasteiger partial charge in [-0.1, -0.05) is 6.58 Å². The fourth-order valence-electron chi connectivity index (χ4n) is 0.994. The van der Waals surface area contributed by atoms with E-state index >= 15 is 0 Å². The Morgan fingerprint density at radius 1 is 1.47 bits per heavy atom. The Kier molecular flexibility index (Phi) is 7.75. The molecular weight excluding hydrogens is 222 g/mol. The third-order valence-corrected chi connectivity index (χ3v) is 1.62. The summed E-state index contributed by atoms with van der Waals surface area (Å²) in [5.74, 6) is 0.582. The Hall–Kier alpha value is -2.30. The summed E-state index contributed by atoms with van der Waals surface area (Å²) in [5.41, 5.74) is 0.735. The number of anilines is 1. The third-order valence-electron chi connectivity index (χ3n) is 1.62. The van der Waals surface area contributed by atoms with Crippen LogP contribution in [-0.2, 0) is 9.59 Å². The Morgan fingerprint density at radius 2 is 2.00 bits per heavy atom. The Labute approximate surface area is 99.7 Å². The molecule has 0 bridgehead atoms. The highest BCUT2D eigenvalue weighted by Gasteiger charge is 1.96. The maximum atomic E-state index is 10.9. The van der Waals surface area contributed by atoms with Crippen LogP contribution in [0, 0.1) is 0 Å². The number of carbonyl (C=O) groups is 2. The minimum absolute atomic E-state index is 0.214. The zero-order valence-electron chi connectivity index (χ0n) is 9.55. The number of nitrogens with one attached hydrogen (secondary N) is 1. The van der Waals surface area contributed by atoms with Gasteiger partial charge in [0, 0.05) is 5.69 Å². The summed E-state index contributed by atoms with van der Waals surface area (Å²) >= 11 is 0. The summed E-state index contributed by atoms with van der Waals surface area (Å²) in [6.07, 6.45) is 1.23. The predicted octanol–water partition coefficient (Wildman–Crippen LogP) is 1.91. The highest BCUT2D eigenvalue weighted by molar-refractivity contribution is 5.98. The van der Waals surface area contributed by atoms with E-state index in [1.54, 1.807) is 12.1 Å². The van der Waals surface area contributed by atoms with Crippen LogP contribution in [0.3, 0.4) is 0 Å². The van der Waals surface area contributed by atoms with E-state index in [2.05, 4.69) is 11.9 Å². The van der Waals surface area contributed by atoms with E-state index < -0.39 is 0 Å². The number of carboxylic acid groups (broad SMARTS) is 1. The first-order valence-electron chi connectivity index (χ1n) is 4.92. The van der Waals surface area contributed by atoms with Gasteiger partial charge >= 0.3 is 0 Å². The molecule has 0 saturated carbocycles. The second-order valence-corrected chi connectivity index (χ2v) is 2.76. The minimum atomic E-state index is -0.250. The SMILES string of the molecule is C=CC(=O)Nc1ccc(OCC)cc1.O=CO. The van der Waals surface area contributed by atoms with Crippen LogP contribution in [0.4, 0.5) is 5.69 Å². The standard InChI is InChI=1S/C11H13NO2.CH2O2/c1-3-11(13)12-9-5-7-10(8-6-9)14-4-2;2-1-3/h3,5-8H,1,4H2,2H3,(H,12,13);1H,(H,2,3). The van der Waals surface area contributed by atoms with E-state index in [1.165, 1.54) is 6.08 Å². The van der Waals surface area contributed by atoms with Crippen molar-refractivity contribution in [3.05, 3.63) is 36.9 Å². The molecule has 0 aliphatic heterocycles. The number of ether oxygens (including phenoxy) is 1. The van der Waals surface area contributed by atoms with Crippen molar-refractivity contribution in [2.75, 3.05) is 11.9 Å². The van der Waals surface area contributed by atoms with Crippen molar-refractivity contribution in [2.45, 2.75) is 6.92 Å². The van der Waals surface area contributed by atoms with E-state index in [-0.39, 0.29) is 12.4 Å². The molecule has 0 aliphatic carbocycles. The van der Waals surface area contributed by atoms with Crippen molar-refractivity contribution >= 4 is 18.1 Å². The summed E-state index contributed by atoms with van der Waals surface area (Å²) in [4.78, 5) is 19.3. The summed E-state index contributed by atoms with van der Waals surface area (Å²) < 4.78 is 5.26. The molecule has 1 aromatic carbocycles. The van der Waals surface area contributed by atoms with Crippen molar-refractivity contribution in [1.82, 2.24) is 0 Å². The van der Waals surface area contributed by atoms with Gasteiger partial charge in [-0.15, -0.1) is 0 Å². The molecule has 0 saturated heterocycles. The van der Waals surface area contributed by atoms with Gasteiger partial charge in [0.15, 0.2) is 0 Å². The van der Waals surface area contributed by atoms with Gasteiger partial charge in [-0.2, -0.15) is 0 Å². The molecule has 5 nitrogen and oxygen atoms in total. The lowest BCUT2D eigenvalue weighted by Gasteiger charge is -2.04. The molecule has 0 atom stereocenters. The number of amides is 1. The number of carbonyl (C=O) groups excluding carboxylic acids is 1. The number of rotatable bonds is 4. The van der Waals surface area contributed by atoms with Crippen molar-refractivity contribution in [1.29, 1.82) is 0 Å². The molecule has 0 spiro atoms. The van der Waals surface area contributed by atoms with Crippen LogP contribution in [0.5, 0.6) is 5.75 Å². The summed E-state index contributed by atoms with van der Waals surface area (Å²) in [5, 5.41) is 9.54. The number of benzene rings is 1. The first-order chi connectivity index (χ1) is 8.17.